The molecule has 0 fully saturated rings. The summed E-state index contributed by atoms with van der Waals surface area (Å²) < 4.78 is 5.19. The highest BCUT2D eigenvalue weighted by Crippen LogP contribution is 2.27. The summed E-state index contributed by atoms with van der Waals surface area (Å²) in [5.74, 6) is 0.570. The Hall–Kier alpha value is -1.45. The Morgan fingerprint density at radius 1 is 1.28 bits per heavy atom. The van der Waals surface area contributed by atoms with E-state index in [9.17, 15) is 4.79 Å². The van der Waals surface area contributed by atoms with E-state index in [2.05, 4.69) is 37.7 Å². The van der Waals surface area contributed by atoms with Gasteiger partial charge in [-0.1, -0.05) is 27.7 Å². The zero-order valence-electron chi connectivity index (χ0n) is 11.9. The number of esters is 1. The molecule has 1 heterocycles. The number of hydrogen-bond acceptors (Lipinski definition) is 4. The lowest BCUT2D eigenvalue weighted by Crippen LogP contribution is -2.11. The summed E-state index contributed by atoms with van der Waals surface area (Å²) >= 11 is 0. The Kier molecular flexibility index (Phi) is 5.25. The molecule has 4 heteroatoms. The Morgan fingerprint density at radius 3 is 2.39 bits per heavy atom. The van der Waals surface area contributed by atoms with Crippen molar-refractivity contribution in [3.8, 4) is 5.88 Å². The molecule has 0 aliphatic rings. The number of carbonyl (C=O) groups is 1. The molecule has 0 aliphatic heterocycles. The minimum atomic E-state index is -0.352. The zero-order valence-corrected chi connectivity index (χ0v) is 11.9. The van der Waals surface area contributed by atoms with Crippen molar-refractivity contribution < 1.29 is 9.53 Å². The van der Waals surface area contributed by atoms with E-state index in [-0.39, 0.29) is 11.9 Å². The molecule has 0 amide bonds. The molecule has 4 nitrogen and oxygen atoms in total. The van der Waals surface area contributed by atoms with E-state index in [0.717, 1.165) is 24.2 Å². The quantitative estimate of drug-likeness (QED) is 0.751. The van der Waals surface area contributed by atoms with Crippen molar-refractivity contribution >= 4 is 5.97 Å². The number of ether oxygens (including phenoxy) is 1. The molecule has 2 unspecified atom stereocenters. The third-order valence-corrected chi connectivity index (χ3v) is 3.22. The zero-order chi connectivity index (χ0) is 13.7. The van der Waals surface area contributed by atoms with Crippen LogP contribution in [0.2, 0.25) is 0 Å². The van der Waals surface area contributed by atoms with E-state index in [0.29, 0.717) is 11.8 Å². The van der Waals surface area contributed by atoms with Gasteiger partial charge >= 0.3 is 5.97 Å². The summed E-state index contributed by atoms with van der Waals surface area (Å²) in [5, 5.41) is 0. The van der Waals surface area contributed by atoms with Gasteiger partial charge < -0.3 is 4.74 Å². The van der Waals surface area contributed by atoms with Gasteiger partial charge in [-0.2, -0.15) is 0 Å². The maximum atomic E-state index is 11.1. The van der Waals surface area contributed by atoms with E-state index in [1.807, 2.05) is 0 Å². The maximum absolute atomic E-state index is 11.1. The molecule has 18 heavy (non-hydrogen) atoms. The molecule has 0 saturated heterocycles. The normalized spacial score (nSPS) is 14.1. The van der Waals surface area contributed by atoms with Gasteiger partial charge in [0.05, 0.1) is 5.69 Å². The molecule has 0 aromatic carbocycles. The summed E-state index contributed by atoms with van der Waals surface area (Å²) in [6.07, 6.45) is 3.71. The monoisotopic (exact) mass is 250 g/mol. The molecule has 0 saturated carbocycles. The number of aromatic nitrogens is 2. The van der Waals surface area contributed by atoms with E-state index >= 15 is 0 Å². The molecule has 0 aliphatic carbocycles. The third-order valence-electron chi connectivity index (χ3n) is 3.22. The number of hydrogen-bond donors (Lipinski definition) is 0. The van der Waals surface area contributed by atoms with E-state index in [4.69, 9.17) is 4.74 Å². The van der Waals surface area contributed by atoms with Gasteiger partial charge in [0.25, 0.3) is 0 Å². The number of nitrogens with zero attached hydrogens (tertiary/aromatic N) is 2. The Bertz CT molecular complexity index is 418. The smallest absolute Gasteiger partial charge is 0.309 e. The maximum Gasteiger partial charge on any atom is 0.309 e. The second-order valence-corrected chi connectivity index (χ2v) is 4.70. The van der Waals surface area contributed by atoms with Gasteiger partial charge in [-0.3, -0.25) is 9.78 Å². The van der Waals surface area contributed by atoms with Gasteiger partial charge in [-0.05, 0) is 18.8 Å². The highest BCUT2D eigenvalue weighted by Gasteiger charge is 2.17. The molecular weight excluding hydrogens is 228 g/mol. The predicted octanol–water partition coefficient (Wildman–Crippen LogP) is 3.43. The van der Waals surface area contributed by atoms with E-state index in [1.54, 1.807) is 6.20 Å². The van der Waals surface area contributed by atoms with Gasteiger partial charge in [-0.15, -0.1) is 0 Å². The highest BCUT2D eigenvalue weighted by molar-refractivity contribution is 5.69. The second kappa shape index (κ2) is 6.47. The predicted molar refractivity (Wildman–Crippen MR) is 70.8 cm³/mol. The van der Waals surface area contributed by atoms with Gasteiger partial charge in [0.1, 0.15) is 5.69 Å². The average molecular weight is 250 g/mol. The van der Waals surface area contributed by atoms with Crippen LogP contribution in [0.4, 0.5) is 0 Å². The van der Waals surface area contributed by atoms with Crippen LogP contribution in [0.3, 0.4) is 0 Å². The third kappa shape index (κ3) is 3.52. The molecule has 0 spiro atoms. The van der Waals surface area contributed by atoms with Crippen molar-refractivity contribution in [3.05, 3.63) is 17.6 Å². The summed E-state index contributed by atoms with van der Waals surface area (Å²) in [5.41, 5.74) is 1.64. The van der Waals surface area contributed by atoms with Crippen LogP contribution in [0, 0.1) is 0 Å². The molecule has 1 aromatic heterocycles. The number of carbonyl (C=O) groups excluding carboxylic acids is 1. The molecule has 100 valence electrons. The van der Waals surface area contributed by atoms with Crippen LogP contribution in [-0.2, 0) is 4.79 Å². The van der Waals surface area contributed by atoms with Crippen LogP contribution in [0.25, 0.3) is 0 Å². The molecule has 1 aromatic rings. The highest BCUT2D eigenvalue weighted by atomic mass is 16.5. The Morgan fingerprint density at radius 2 is 1.89 bits per heavy atom. The summed E-state index contributed by atoms with van der Waals surface area (Å²) in [6.45, 7) is 9.70. The molecule has 1 rings (SSSR count). The lowest BCUT2D eigenvalue weighted by molar-refractivity contribution is -0.132. The first-order chi connectivity index (χ1) is 8.49. The fourth-order valence-electron chi connectivity index (χ4n) is 1.58. The fourth-order valence-corrected chi connectivity index (χ4v) is 1.58. The van der Waals surface area contributed by atoms with Gasteiger partial charge in [0, 0.05) is 19.0 Å². The standard InChI is InChI=1S/C14H22N2O2/c1-6-9(3)12-8-15-13(10(4)7-2)14(16-12)18-11(5)17/h8-10H,6-7H2,1-5H3. The van der Waals surface area contributed by atoms with Gasteiger partial charge in [0.15, 0.2) is 0 Å². The summed E-state index contributed by atoms with van der Waals surface area (Å²) in [4.78, 5) is 20.0. The molecule has 2 atom stereocenters. The van der Waals surface area contributed by atoms with Crippen LogP contribution in [-0.4, -0.2) is 15.9 Å². The lowest BCUT2D eigenvalue weighted by atomic mass is 10.0. The van der Waals surface area contributed by atoms with Crippen LogP contribution < -0.4 is 4.74 Å². The van der Waals surface area contributed by atoms with Crippen molar-refractivity contribution in [1.29, 1.82) is 0 Å². The van der Waals surface area contributed by atoms with Crippen molar-refractivity contribution in [2.24, 2.45) is 0 Å². The van der Waals surface area contributed by atoms with E-state index < -0.39 is 0 Å². The Labute approximate surface area is 109 Å². The first kappa shape index (κ1) is 14.6. The second-order valence-electron chi connectivity index (χ2n) is 4.70. The van der Waals surface area contributed by atoms with Crippen LogP contribution in [0.5, 0.6) is 5.88 Å². The van der Waals surface area contributed by atoms with Crippen molar-refractivity contribution in [2.75, 3.05) is 0 Å². The van der Waals surface area contributed by atoms with E-state index in [1.165, 1.54) is 6.92 Å². The molecule has 0 bridgehead atoms. The molecule has 0 N–H and O–H groups in total. The minimum absolute atomic E-state index is 0.234. The Balaban J connectivity index is 3.15. The van der Waals surface area contributed by atoms with Crippen molar-refractivity contribution in [3.63, 3.8) is 0 Å². The van der Waals surface area contributed by atoms with Crippen molar-refractivity contribution in [2.45, 2.75) is 59.3 Å². The topological polar surface area (TPSA) is 52.1 Å². The fraction of sp³-hybridized carbons (Fsp3) is 0.643. The number of rotatable bonds is 5. The largest absolute Gasteiger partial charge is 0.406 e. The van der Waals surface area contributed by atoms with Crippen molar-refractivity contribution in [1.82, 2.24) is 9.97 Å². The SMILES string of the molecule is CCC(C)c1cnc(C(C)CC)c(OC(C)=O)n1. The summed E-state index contributed by atoms with van der Waals surface area (Å²) in [7, 11) is 0. The van der Waals surface area contributed by atoms with Gasteiger partial charge in [-0.25, -0.2) is 4.98 Å². The summed E-state index contributed by atoms with van der Waals surface area (Å²) in [6, 6.07) is 0. The lowest BCUT2D eigenvalue weighted by Gasteiger charge is -2.15. The minimum Gasteiger partial charge on any atom is -0.406 e. The first-order valence-electron chi connectivity index (χ1n) is 6.54. The molecular formula is C14H22N2O2. The first-order valence-corrected chi connectivity index (χ1v) is 6.54. The van der Waals surface area contributed by atoms with Crippen LogP contribution in [0.1, 0.15) is 70.7 Å². The van der Waals surface area contributed by atoms with Crippen LogP contribution >= 0.6 is 0 Å². The van der Waals surface area contributed by atoms with Crippen LogP contribution in [0.15, 0.2) is 6.20 Å². The van der Waals surface area contributed by atoms with Gasteiger partial charge in [0.2, 0.25) is 5.88 Å². The average Bonchev–Trinajstić information content (AvgIpc) is 2.36. The molecule has 0 radical (unpaired) electrons.